The average Bonchev–Trinajstić information content (AvgIpc) is 2.76. The Balaban J connectivity index is 1.92. The van der Waals surface area contributed by atoms with Gasteiger partial charge in [-0.3, -0.25) is 4.79 Å². The van der Waals surface area contributed by atoms with Gasteiger partial charge in [0.2, 0.25) is 5.90 Å². The molecule has 0 spiro atoms. The van der Waals surface area contributed by atoms with Crippen molar-refractivity contribution in [1.29, 1.82) is 0 Å². The maximum Gasteiger partial charge on any atom is 0.349 e. The van der Waals surface area contributed by atoms with Gasteiger partial charge in [-0.05, 0) is 24.3 Å². The monoisotopic (exact) mass is 403 g/mol. The van der Waals surface area contributed by atoms with Crippen LogP contribution in [0.1, 0.15) is 33.6 Å². The van der Waals surface area contributed by atoms with Crippen molar-refractivity contribution in [2.24, 2.45) is 16.8 Å². The fourth-order valence-electron chi connectivity index (χ4n) is 2.07. The summed E-state index contributed by atoms with van der Waals surface area (Å²) in [6, 6.07) is 5.67. The molecule has 0 aromatic carbocycles. The Bertz CT molecular complexity index is 933. The standard InChI is InChI=1S/C16H17N7O6/c17-21-13-9(3-1-7-19-13)15(25)28-11(23-27)5-6-12(24)29-16(26)10-4-2-8-20-14(10)22-18/h1-4,7-8,27H,5-6,17-18H2,(H,19,21)(H,20,22)/b23-11-. The molecule has 2 rings (SSSR count). The number of nitrogens with two attached hydrogens (primary N) is 2. The number of aromatic nitrogens is 2. The van der Waals surface area contributed by atoms with Gasteiger partial charge in [0.25, 0.3) is 0 Å². The van der Waals surface area contributed by atoms with E-state index in [2.05, 4.69) is 30.7 Å². The molecule has 0 bridgehead atoms. The Labute approximate surface area is 163 Å². The molecule has 0 aliphatic heterocycles. The summed E-state index contributed by atoms with van der Waals surface area (Å²) < 4.78 is 9.57. The van der Waals surface area contributed by atoms with Crippen molar-refractivity contribution in [3.8, 4) is 0 Å². The van der Waals surface area contributed by atoms with E-state index >= 15 is 0 Å². The first-order valence-electron chi connectivity index (χ1n) is 8.01. The summed E-state index contributed by atoms with van der Waals surface area (Å²) in [4.78, 5) is 43.7. The number of esters is 3. The molecule has 29 heavy (non-hydrogen) atoms. The topological polar surface area (TPSA) is 204 Å². The Morgan fingerprint density at radius 2 is 1.45 bits per heavy atom. The minimum Gasteiger partial charge on any atom is -0.408 e. The maximum atomic E-state index is 12.1. The number of oxime groups is 1. The zero-order valence-electron chi connectivity index (χ0n) is 14.9. The molecule has 152 valence electrons. The van der Waals surface area contributed by atoms with E-state index in [1.54, 1.807) is 0 Å². The molecule has 13 nitrogen and oxygen atoms in total. The summed E-state index contributed by atoms with van der Waals surface area (Å²) in [6.07, 6.45) is 2.04. The van der Waals surface area contributed by atoms with Crippen LogP contribution < -0.4 is 22.5 Å². The van der Waals surface area contributed by atoms with Crippen LogP contribution in [-0.2, 0) is 14.3 Å². The summed E-state index contributed by atoms with van der Waals surface area (Å²) in [7, 11) is 0. The summed E-state index contributed by atoms with van der Waals surface area (Å²) >= 11 is 0. The molecule has 2 heterocycles. The van der Waals surface area contributed by atoms with Gasteiger partial charge in [0.1, 0.15) is 11.1 Å². The minimum atomic E-state index is -0.982. The number of hydrazine groups is 2. The number of rotatable bonds is 7. The first kappa shape index (κ1) is 21.2. The minimum absolute atomic E-state index is 0.0210. The van der Waals surface area contributed by atoms with E-state index in [1.165, 1.54) is 36.7 Å². The summed E-state index contributed by atoms with van der Waals surface area (Å²) in [5.41, 5.74) is 4.35. The van der Waals surface area contributed by atoms with Crippen molar-refractivity contribution >= 4 is 35.4 Å². The maximum absolute atomic E-state index is 12.1. The first-order chi connectivity index (χ1) is 14.0. The first-order valence-corrected chi connectivity index (χ1v) is 8.01. The predicted octanol–water partition coefficient (Wildman–Crippen LogP) is 0.156. The SMILES string of the molecule is NNc1ncccc1C(=O)OC(=O)CC/C(=N/O)OC(=O)c1cccnc1NN. The molecular formula is C16H17N7O6. The van der Waals surface area contributed by atoms with E-state index in [0.29, 0.717) is 0 Å². The van der Waals surface area contributed by atoms with Crippen LogP contribution in [0.15, 0.2) is 41.8 Å². The van der Waals surface area contributed by atoms with Crippen molar-refractivity contribution in [3.63, 3.8) is 0 Å². The van der Waals surface area contributed by atoms with Gasteiger partial charge in [-0.2, -0.15) is 0 Å². The molecular weight excluding hydrogens is 386 g/mol. The molecule has 0 amide bonds. The fraction of sp³-hybridized carbons (Fsp3) is 0.125. The highest BCUT2D eigenvalue weighted by Crippen LogP contribution is 2.14. The molecule has 0 aliphatic carbocycles. The lowest BCUT2D eigenvalue weighted by Gasteiger charge is -2.09. The van der Waals surface area contributed by atoms with Crippen LogP contribution in [0.25, 0.3) is 0 Å². The molecule has 2 aromatic rings. The van der Waals surface area contributed by atoms with Crippen LogP contribution >= 0.6 is 0 Å². The van der Waals surface area contributed by atoms with E-state index in [-0.39, 0.29) is 29.2 Å². The molecule has 0 radical (unpaired) electrons. The molecule has 0 atom stereocenters. The zero-order chi connectivity index (χ0) is 21.2. The quantitative estimate of drug-likeness (QED) is 0.0797. The summed E-state index contributed by atoms with van der Waals surface area (Å²) in [6.45, 7) is 0. The lowest BCUT2D eigenvalue weighted by Crippen LogP contribution is -2.20. The number of carbonyl (C=O) groups excluding carboxylic acids is 3. The molecule has 0 fully saturated rings. The Hall–Kier alpha value is -4.10. The highest BCUT2D eigenvalue weighted by atomic mass is 16.6. The van der Waals surface area contributed by atoms with E-state index in [9.17, 15) is 14.4 Å². The fourth-order valence-corrected chi connectivity index (χ4v) is 2.07. The Kier molecular flexibility index (Phi) is 7.52. The van der Waals surface area contributed by atoms with Crippen molar-refractivity contribution in [2.75, 3.05) is 10.9 Å². The van der Waals surface area contributed by atoms with Crippen LogP contribution in [-0.4, -0.2) is 39.0 Å². The number of anilines is 2. The largest absolute Gasteiger partial charge is 0.408 e. The van der Waals surface area contributed by atoms with Gasteiger partial charge >= 0.3 is 17.9 Å². The van der Waals surface area contributed by atoms with Gasteiger partial charge in [0, 0.05) is 18.8 Å². The number of hydrogen-bond acceptors (Lipinski definition) is 13. The lowest BCUT2D eigenvalue weighted by atomic mass is 10.2. The normalized spacial score (nSPS) is 10.8. The number of ether oxygens (including phenoxy) is 2. The second kappa shape index (κ2) is 10.3. The van der Waals surface area contributed by atoms with Crippen molar-refractivity contribution < 1.29 is 29.1 Å². The van der Waals surface area contributed by atoms with Gasteiger partial charge in [-0.25, -0.2) is 31.2 Å². The van der Waals surface area contributed by atoms with Crippen molar-refractivity contribution in [3.05, 3.63) is 47.8 Å². The molecule has 7 N–H and O–H groups in total. The van der Waals surface area contributed by atoms with Gasteiger partial charge in [-0.1, -0.05) is 5.16 Å². The Morgan fingerprint density at radius 3 is 1.93 bits per heavy atom. The van der Waals surface area contributed by atoms with Crippen LogP contribution in [0.5, 0.6) is 0 Å². The zero-order valence-corrected chi connectivity index (χ0v) is 14.9. The number of pyridine rings is 2. The third-order valence-corrected chi connectivity index (χ3v) is 3.40. The third-order valence-electron chi connectivity index (χ3n) is 3.40. The summed E-state index contributed by atoms with van der Waals surface area (Å²) in [5, 5.41) is 11.8. The van der Waals surface area contributed by atoms with Crippen molar-refractivity contribution in [1.82, 2.24) is 9.97 Å². The lowest BCUT2D eigenvalue weighted by molar-refractivity contribution is -0.137. The van der Waals surface area contributed by atoms with Crippen LogP contribution in [0, 0.1) is 0 Å². The van der Waals surface area contributed by atoms with E-state index in [4.69, 9.17) is 21.6 Å². The smallest absolute Gasteiger partial charge is 0.349 e. The number of nitrogen functional groups attached to an aromatic ring is 2. The summed E-state index contributed by atoms with van der Waals surface area (Å²) in [5.74, 6) is 7.23. The van der Waals surface area contributed by atoms with E-state index in [1.807, 2.05) is 0 Å². The number of nitrogens with one attached hydrogen (secondary N) is 2. The third kappa shape index (κ3) is 5.69. The average molecular weight is 403 g/mol. The molecule has 0 aliphatic rings. The molecule has 2 aromatic heterocycles. The van der Waals surface area contributed by atoms with Crippen LogP contribution in [0.4, 0.5) is 11.6 Å². The highest BCUT2D eigenvalue weighted by Gasteiger charge is 2.20. The van der Waals surface area contributed by atoms with Gasteiger partial charge in [0.15, 0.2) is 11.6 Å². The highest BCUT2D eigenvalue weighted by molar-refractivity contribution is 6.03. The van der Waals surface area contributed by atoms with Gasteiger partial charge in [-0.15, -0.1) is 0 Å². The molecule has 0 saturated carbocycles. The molecule has 13 heteroatoms. The molecule has 0 saturated heterocycles. The van der Waals surface area contributed by atoms with E-state index in [0.717, 1.165) is 0 Å². The molecule has 0 unspecified atom stereocenters. The van der Waals surface area contributed by atoms with Crippen LogP contribution in [0.2, 0.25) is 0 Å². The van der Waals surface area contributed by atoms with E-state index < -0.39 is 30.2 Å². The van der Waals surface area contributed by atoms with Gasteiger partial charge in [0.05, 0.1) is 6.42 Å². The van der Waals surface area contributed by atoms with Crippen LogP contribution in [0.3, 0.4) is 0 Å². The second-order valence-corrected chi connectivity index (χ2v) is 5.23. The van der Waals surface area contributed by atoms with Crippen molar-refractivity contribution in [2.45, 2.75) is 12.8 Å². The van der Waals surface area contributed by atoms with Gasteiger partial charge < -0.3 is 25.5 Å². The predicted molar refractivity (Wildman–Crippen MR) is 98.4 cm³/mol. The number of carbonyl (C=O) groups is 3. The Morgan fingerprint density at radius 1 is 0.931 bits per heavy atom. The number of hydrogen-bond donors (Lipinski definition) is 5. The number of nitrogens with zero attached hydrogens (tertiary/aromatic N) is 3. The second-order valence-electron chi connectivity index (χ2n) is 5.23.